The van der Waals surface area contributed by atoms with Crippen molar-refractivity contribution in [1.82, 2.24) is 9.44 Å². The van der Waals surface area contributed by atoms with E-state index in [9.17, 15) is 0 Å². The largest absolute Gasteiger partial charge is 0.392 e. The summed E-state index contributed by atoms with van der Waals surface area (Å²) < 4.78 is 2.95. The fourth-order valence-electron chi connectivity index (χ4n) is 5.33. The van der Waals surface area contributed by atoms with Crippen LogP contribution in [0, 0.1) is 11.8 Å². The van der Waals surface area contributed by atoms with Crippen LogP contribution >= 0.6 is 49.2 Å². The van der Waals surface area contributed by atoms with E-state index >= 15 is 0 Å². The van der Waals surface area contributed by atoms with Gasteiger partial charge in [-0.2, -0.15) is 4.13 Å². The second-order valence-electron chi connectivity index (χ2n) is 16.2. The van der Waals surface area contributed by atoms with Crippen molar-refractivity contribution in [1.29, 1.82) is 0 Å². The Morgan fingerprint density at radius 3 is 1.47 bits per heavy atom. The minimum atomic E-state index is -0.112. The highest BCUT2D eigenvalue weighted by molar-refractivity contribution is 8.16. The number of nitrogens with one attached hydrogen (secondary N) is 2. The monoisotopic (exact) mass is 952 g/mol. The summed E-state index contributed by atoms with van der Waals surface area (Å²) in [6.45, 7) is 27.8. The lowest BCUT2D eigenvalue weighted by Gasteiger charge is -2.28. The van der Waals surface area contributed by atoms with Gasteiger partial charge in [-0.05, 0) is 124 Å². The molecule has 0 saturated carbocycles. The summed E-state index contributed by atoms with van der Waals surface area (Å²) in [5.41, 5.74) is 22.8. The van der Waals surface area contributed by atoms with Crippen molar-refractivity contribution in [2.75, 3.05) is 0 Å². The highest BCUT2D eigenvalue weighted by Gasteiger charge is 2.18. The van der Waals surface area contributed by atoms with Crippen molar-refractivity contribution >= 4 is 49.2 Å². The number of aryl methyl sites for hydroxylation is 3. The Hall–Kier alpha value is -3.08. The van der Waals surface area contributed by atoms with Crippen molar-refractivity contribution in [3.05, 3.63) is 164 Å². The average molecular weight is 953 g/mol. The van der Waals surface area contributed by atoms with E-state index in [1.54, 1.807) is 0 Å². The first-order valence-electron chi connectivity index (χ1n) is 23.8. The lowest BCUT2D eigenvalue weighted by molar-refractivity contribution is 0.394. The summed E-state index contributed by atoms with van der Waals surface area (Å²) in [6, 6.07) is 31.8. The SMILES string of the molecule is CC.CC.CC(C)(CCCc1ccccc1)N/C(S)=C(\N)SNS/C(N)=C(/N)S.CC(C)CCc1ccccc1.CC(C)CCc1ccccc1.CCC.CCCC1=CCC=CC=C1. The van der Waals surface area contributed by atoms with Gasteiger partial charge in [0.25, 0.3) is 0 Å². The maximum absolute atomic E-state index is 6.03. The Kier molecular flexibility index (Phi) is 45.9. The standard InChI is InChI=1S/C16H27N5S4.2C11H16.C10H14.C3H8.2C2H6/c1-16(2,10-6-9-11-7-4-3-5-8-11)20-15(23)14(19)25-21-24-13(18)12(17)22;2*1-10(2)8-9-11-6-4-3-5-7-11;1-2-7-10-8-5-3-4-6-9-10;1-3-2;2*1-2/h3-5,7-8,20-23H,6,9-10,17-19H2,1-2H3;2*3-7,10H,8-9H2,1-2H3;3-5,8-9H,2,6-7H2,1H3;3H2,1-2H3;2*1-2H3/b13-12-,15-14-;;;;;;. The van der Waals surface area contributed by atoms with Crippen molar-refractivity contribution in [2.45, 2.75) is 166 Å². The van der Waals surface area contributed by atoms with Crippen LogP contribution in [0.25, 0.3) is 0 Å². The van der Waals surface area contributed by atoms with Crippen LogP contribution in [0.4, 0.5) is 0 Å². The van der Waals surface area contributed by atoms with Crippen LogP contribution in [-0.4, -0.2) is 5.54 Å². The molecular formula is C55H93N5S4. The summed E-state index contributed by atoms with van der Waals surface area (Å²) in [4.78, 5) is 0. The number of benzene rings is 3. The fraction of sp³-hybridized carbons (Fsp3) is 0.491. The van der Waals surface area contributed by atoms with E-state index in [0.717, 1.165) is 49.5 Å². The predicted molar refractivity (Wildman–Crippen MR) is 303 cm³/mol. The molecule has 0 heterocycles. The average Bonchev–Trinajstić information content (AvgIpc) is 3.57. The van der Waals surface area contributed by atoms with E-state index < -0.39 is 0 Å². The van der Waals surface area contributed by atoms with E-state index in [4.69, 9.17) is 17.2 Å². The van der Waals surface area contributed by atoms with Gasteiger partial charge in [0.05, 0.1) is 10.1 Å². The van der Waals surface area contributed by atoms with E-state index in [0.29, 0.717) is 15.1 Å². The summed E-state index contributed by atoms with van der Waals surface area (Å²) in [5, 5.41) is 5.18. The second kappa shape index (κ2) is 45.1. The molecular weight excluding hydrogens is 859 g/mol. The van der Waals surface area contributed by atoms with Crippen molar-refractivity contribution in [3.8, 4) is 0 Å². The number of nitrogens with two attached hydrogens (primary N) is 3. The highest BCUT2D eigenvalue weighted by atomic mass is 32.2. The molecule has 0 unspecified atom stereocenters. The number of allylic oxidation sites excluding steroid dienone is 6. The normalized spacial score (nSPS) is 12.1. The zero-order valence-corrected chi connectivity index (χ0v) is 45.8. The van der Waals surface area contributed by atoms with Crippen LogP contribution in [0.15, 0.2) is 147 Å². The molecule has 5 nitrogen and oxygen atoms in total. The Morgan fingerprint density at radius 1 is 0.641 bits per heavy atom. The fourth-order valence-corrected chi connectivity index (χ4v) is 7.05. The molecule has 0 aromatic heterocycles. The smallest absolute Gasteiger partial charge is 0.112 e. The molecule has 64 heavy (non-hydrogen) atoms. The molecule has 362 valence electrons. The molecule has 1 aliphatic rings. The molecule has 3 aromatic carbocycles. The quantitative estimate of drug-likeness (QED) is 0.0504. The Morgan fingerprint density at radius 2 is 1.06 bits per heavy atom. The molecule has 0 aliphatic heterocycles. The second-order valence-corrected chi connectivity index (χ2v) is 19.1. The maximum Gasteiger partial charge on any atom is 0.112 e. The van der Waals surface area contributed by atoms with Crippen LogP contribution in [0.5, 0.6) is 0 Å². The van der Waals surface area contributed by atoms with Crippen LogP contribution in [-0.2, 0) is 19.3 Å². The molecule has 0 atom stereocenters. The third-order valence-corrected chi connectivity index (χ3v) is 11.1. The molecule has 0 saturated heterocycles. The summed E-state index contributed by atoms with van der Waals surface area (Å²) in [6.07, 6.45) is 23.9. The van der Waals surface area contributed by atoms with Crippen LogP contribution in [0.3, 0.4) is 0 Å². The molecule has 8 N–H and O–H groups in total. The van der Waals surface area contributed by atoms with Gasteiger partial charge in [-0.15, -0.1) is 25.3 Å². The molecule has 9 heteroatoms. The first-order valence-corrected chi connectivity index (χ1v) is 26.3. The topological polar surface area (TPSA) is 102 Å². The van der Waals surface area contributed by atoms with Gasteiger partial charge in [-0.1, -0.05) is 216 Å². The van der Waals surface area contributed by atoms with Crippen molar-refractivity contribution in [3.63, 3.8) is 0 Å². The minimum absolute atomic E-state index is 0.112. The van der Waals surface area contributed by atoms with Crippen LogP contribution in [0.2, 0.25) is 0 Å². The lowest BCUT2D eigenvalue weighted by Crippen LogP contribution is -2.38. The molecule has 0 bridgehead atoms. The van der Waals surface area contributed by atoms with E-state index in [-0.39, 0.29) is 10.6 Å². The van der Waals surface area contributed by atoms with Crippen molar-refractivity contribution in [2.24, 2.45) is 29.0 Å². The maximum atomic E-state index is 6.03. The zero-order valence-electron chi connectivity index (χ0n) is 42.4. The van der Waals surface area contributed by atoms with Crippen molar-refractivity contribution < 1.29 is 0 Å². The molecule has 0 radical (unpaired) electrons. The first-order chi connectivity index (χ1) is 30.6. The molecule has 0 amide bonds. The highest BCUT2D eigenvalue weighted by Crippen LogP contribution is 2.23. The predicted octanol–water partition coefficient (Wildman–Crippen LogP) is 16.5. The van der Waals surface area contributed by atoms with Gasteiger partial charge in [0, 0.05) is 5.54 Å². The zero-order chi connectivity index (χ0) is 49.0. The molecule has 0 fully saturated rings. The summed E-state index contributed by atoms with van der Waals surface area (Å²) in [5.74, 6) is 1.63. The van der Waals surface area contributed by atoms with Gasteiger partial charge in [-0.3, -0.25) is 0 Å². The third kappa shape index (κ3) is 41.6. The molecule has 0 spiro atoms. The van der Waals surface area contributed by atoms with Gasteiger partial charge in [0.15, 0.2) is 0 Å². The summed E-state index contributed by atoms with van der Waals surface area (Å²) in [7, 11) is 0. The lowest BCUT2D eigenvalue weighted by atomic mass is 9.96. The third-order valence-electron chi connectivity index (χ3n) is 8.67. The van der Waals surface area contributed by atoms with Gasteiger partial charge in [0.1, 0.15) is 10.1 Å². The molecule has 4 rings (SSSR count). The number of hydrogen-bond donors (Lipinski definition) is 7. The van der Waals surface area contributed by atoms with E-state index in [2.05, 4.69) is 212 Å². The van der Waals surface area contributed by atoms with Crippen LogP contribution < -0.4 is 26.6 Å². The van der Waals surface area contributed by atoms with Gasteiger partial charge in [-0.25, -0.2) is 0 Å². The van der Waals surface area contributed by atoms with Gasteiger partial charge in [0.2, 0.25) is 0 Å². The summed E-state index contributed by atoms with van der Waals surface area (Å²) >= 11 is 10.8. The van der Waals surface area contributed by atoms with Crippen LogP contribution in [0.1, 0.15) is 158 Å². The number of hydrogen-bond acceptors (Lipinski definition) is 9. The Balaban J connectivity index is -0.000000797. The molecule has 1 aliphatic carbocycles. The number of thiol groups is 2. The van der Waals surface area contributed by atoms with E-state index in [1.807, 2.05) is 33.8 Å². The Bertz CT molecular complexity index is 1580. The first kappa shape index (κ1) is 65.2. The van der Waals surface area contributed by atoms with Gasteiger partial charge >= 0.3 is 0 Å². The van der Waals surface area contributed by atoms with Gasteiger partial charge < -0.3 is 22.5 Å². The minimum Gasteiger partial charge on any atom is -0.392 e. The molecule has 3 aromatic rings. The van der Waals surface area contributed by atoms with E-state index in [1.165, 1.54) is 79.2 Å². The Labute approximate surface area is 415 Å². The number of rotatable bonds is 18.